The second-order valence-corrected chi connectivity index (χ2v) is 11.8. The molecule has 1 atom stereocenters. The van der Waals surface area contributed by atoms with E-state index in [-0.39, 0.29) is 48.5 Å². The first-order valence-electron chi connectivity index (χ1n) is 14.6. The van der Waals surface area contributed by atoms with E-state index >= 15 is 0 Å². The van der Waals surface area contributed by atoms with Gasteiger partial charge in [-0.1, -0.05) is 48.5 Å². The number of hydrogen-bond acceptors (Lipinski definition) is 7. The number of carbonyl (C=O) groups is 2. The lowest BCUT2D eigenvalue weighted by Gasteiger charge is -2.23. The van der Waals surface area contributed by atoms with Crippen molar-refractivity contribution in [3.05, 3.63) is 120 Å². The van der Waals surface area contributed by atoms with Gasteiger partial charge in [0.05, 0.1) is 29.5 Å². The Hall–Kier alpha value is -5.29. The van der Waals surface area contributed by atoms with Gasteiger partial charge >= 0.3 is 0 Å². The van der Waals surface area contributed by atoms with Crippen LogP contribution in [0.3, 0.4) is 0 Å². The standard InChI is InChI=1S/C35H29FN4O5S/c1-43-27-14-12-26(13-15-27)40-35-32(33(38-40)23-5-3-2-4-6-23)34(24-9-16-28-29(17-24)45-21-44-28)46-20-31(42)39(35)19-30(41)37-18-22-7-10-25(36)11-8-22/h2-17,34H,18-21H2,1H3,(H,37,41)/t34-/m0/s1. The molecule has 7 rings (SSSR count). The summed E-state index contributed by atoms with van der Waals surface area (Å²) >= 11 is 1.47. The Balaban J connectivity index is 1.37. The van der Waals surface area contributed by atoms with E-state index in [9.17, 15) is 14.0 Å². The van der Waals surface area contributed by atoms with Gasteiger partial charge in [-0.15, -0.1) is 11.8 Å². The molecule has 1 N–H and O–H groups in total. The minimum Gasteiger partial charge on any atom is -0.497 e. The highest BCUT2D eigenvalue weighted by molar-refractivity contribution is 8.00. The summed E-state index contributed by atoms with van der Waals surface area (Å²) < 4.78 is 31.8. The fourth-order valence-electron chi connectivity index (χ4n) is 5.57. The summed E-state index contributed by atoms with van der Waals surface area (Å²) in [7, 11) is 1.60. The number of anilines is 1. The Morgan fingerprint density at radius 3 is 2.52 bits per heavy atom. The van der Waals surface area contributed by atoms with Gasteiger partial charge < -0.3 is 19.5 Å². The predicted octanol–water partition coefficient (Wildman–Crippen LogP) is 5.90. The zero-order valence-corrected chi connectivity index (χ0v) is 25.6. The van der Waals surface area contributed by atoms with E-state index in [1.807, 2.05) is 72.8 Å². The smallest absolute Gasteiger partial charge is 0.240 e. The number of halogens is 1. The summed E-state index contributed by atoms with van der Waals surface area (Å²) in [6, 6.07) is 28.9. The molecule has 4 aromatic carbocycles. The third kappa shape index (κ3) is 5.77. The van der Waals surface area contributed by atoms with E-state index in [1.165, 1.54) is 28.8 Å². The van der Waals surface area contributed by atoms with E-state index < -0.39 is 0 Å². The second kappa shape index (κ2) is 12.6. The molecule has 0 fully saturated rings. The number of thioether (sulfide) groups is 1. The van der Waals surface area contributed by atoms with Gasteiger partial charge in [0.2, 0.25) is 18.6 Å². The first-order chi connectivity index (χ1) is 22.5. The number of hydrogen-bond donors (Lipinski definition) is 1. The number of nitrogens with zero attached hydrogens (tertiary/aromatic N) is 3. The van der Waals surface area contributed by atoms with Crippen molar-refractivity contribution >= 4 is 29.4 Å². The number of rotatable bonds is 8. The Bertz CT molecular complexity index is 1900. The molecule has 0 unspecified atom stereocenters. The highest BCUT2D eigenvalue weighted by Crippen LogP contribution is 2.50. The molecule has 1 aromatic heterocycles. The number of amides is 2. The Morgan fingerprint density at radius 1 is 1.00 bits per heavy atom. The molecular formula is C35H29FN4O5S. The summed E-state index contributed by atoms with van der Waals surface area (Å²) in [6.45, 7) is 0.0961. The largest absolute Gasteiger partial charge is 0.497 e. The van der Waals surface area contributed by atoms with Crippen molar-refractivity contribution in [3.63, 3.8) is 0 Å². The van der Waals surface area contributed by atoms with Crippen LogP contribution in [0.2, 0.25) is 0 Å². The van der Waals surface area contributed by atoms with Crippen LogP contribution < -0.4 is 24.4 Å². The number of aromatic nitrogens is 2. The van der Waals surface area contributed by atoms with Crippen LogP contribution in [0.15, 0.2) is 97.1 Å². The Morgan fingerprint density at radius 2 is 1.76 bits per heavy atom. The molecule has 9 nitrogen and oxygen atoms in total. The summed E-state index contributed by atoms with van der Waals surface area (Å²) in [4.78, 5) is 29.0. The van der Waals surface area contributed by atoms with E-state index in [2.05, 4.69) is 5.32 Å². The lowest BCUT2D eigenvalue weighted by molar-refractivity contribution is -0.123. The zero-order valence-electron chi connectivity index (χ0n) is 24.8. The first-order valence-corrected chi connectivity index (χ1v) is 15.7. The fourth-order valence-corrected chi connectivity index (χ4v) is 6.76. The van der Waals surface area contributed by atoms with Crippen LogP contribution in [0.4, 0.5) is 10.2 Å². The minimum absolute atomic E-state index is 0.121. The molecule has 11 heteroatoms. The van der Waals surface area contributed by atoms with Gasteiger partial charge in [0.15, 0.2) is 11.5 Å². The SMILES string of the molecule is COc1ccc(-n2nc(-c3ccccc3)c3c2N(CC(=O)NCc2ccc(F)cc2)C(=O)CS[C@H]3c2ccc3c(c2)OCO3)cc1. The summed E-state index contributed by atoms with van der Waals surface area (Å²) in [5.74, 6) is 1.64. The molecule has 0 aliphatic carbocycles. The molecule has 5 aromatic rings. The van der Waals surface area contributed by atoms with Gasteiger partial charge in [-0.3, -0.25) is 14.5 Å². The van der Waals surface area contributed by atoms with Crippen LogP contribution in [0.1, 0.15) is 21.9 Å². The average molecular weight is 637 g/mol. The summed E-state index contributed by atoms with van der Waals surface area (Å²) in [5.41, 5.74) is 4.70. The Labute approximate surface area is 268 Å². The number of nitrogens with one attached hydrogen (secondary N) is 1. The first kappa shape index (κ1) is 29.4. The van der Waals surface area contributed by atoms with E-state index in [4.69, 9.17) is 19.3 Å². The Kier molecular flexibility index (Phi) is 8.06. The van der Waals surface area contributed by atoms with Crippen molar-refractivity contribution in [3.8, 4) is 34.2 Å². The van der Waals surface area contributed by atoms with Gasteiger partial charge in [-0.2, -0.15) is 5.10 Å². The van der Waals surface area contributed by atoms with Crippen LogP contribution in [0, 0.1) is 5.82 Å². The molecule has 0 bridgehead atoms. The van der Waals surface area contributed by atoms with Crippen molar-refractivity contribution in [2.75, 3.05) is 31.1 Å². The number of ether oxygens (including phenoxy) is 3. The van der Waals surface area contributed by atoms with Crippen molar-refractivity contribution in [1.29, 1.82) is 0 Å². The van der Waals surface area contributed by atoms with Crippen molar-refractivity contribution in [2.45, 2.75) is 11.8 Å². The molecule has 0 saturated carbocycles. The van der Waals surface area contributed by atoms with Gasteiger partial charge in [0.1, 0.15) is 23.9 Å². The summed E-state index contributed by atoms with van der Waals surface area (Å²) in [6.07, 6.45) is 0. The normalized spacial score (nSPS) is 15.3. The van der Waals surface area contributed by atoms with Gasteiger partial charge in [-0.25, -0.2) is 9.07 Å². The average Bonchev–Trinajstić information content (AvgIpc) is 3.69. The molecular weight excluding hydrogens is 607 g/mol. The molecule has 3 heterocycles. The third-order valence-corrected chi connectivity index (χ3v) is 9.11. The van der Waals surface area contributed by atoms with E-state index in [0.717, 1.165) is 22.3 Å². The predicted molar refractivity (Wildman–Crippen MR) is 173 cm³/mol. The molecule has 0 radical (unpaired) electrons. The van der Waals surface area contributed by atoms with Crippen molar-refractivity contribution < 1.29 is 28.2 Å². The summed E-state index contributed by atoms with van der Waals surface area (Å²) in [5, 5.41) is 7.67. The lowest BCUT2D eigenvalue weighted by atomic mass is 9.99. The number of carbonyl (C=O) groups excluding carboxylic acids is 2. The highest BCUT2D eigenvalue weighted by atomic mass is 32.2. The minimum atomic E-state index is -0.362. The molecule has 2 aliphatic heterocycles. The number of methoxy groups -OCH3 is 1. The second-order valence-electron chi connectivity index (χ2n) is 10.7. The van der Waals surface area contributed by atoms with Crippen LogP contribution in [0.25, 0.3) is 16.9 Å². The zero-order chi connectivity index (χ0) is 31.6. The van der Waals surface area contributed by atoms with E-state index in [1.54, 1.807) is 23.9 Å². The van der Waals surface area contributed by atoms with Crippen LogP contribution in [-0.4, -0.2) is 47.8 Å². The van der Waals surface area contributed by atoms with Gasteiger partial charge in [0.25, 0.3) is 0 Å². The molecule has 232 valence electrons. The maximum atomic E-state index is 14.0. The monoisotopic (exact) mass is 636 g/mol. The van der Waals surface area contributed by atoms with Crippen LogP contribution in [-0.2, 0) is 16.1 Å². The van der Waals surface area contributed by atoms with Crippen molar-refractivity contribution in [2.24, 2.45) is 0 Å². The molecule has 0 spiro atoms. The maximum absolute atomic E-state index is 14.0. The van der Waals surface area contributed by atoms with Gasteiger partial charge in [0, 0.05) is 17.7 Å². The highest BCUT2D eigenvalue weighted by Gasteiger charge is 2.38. The molecule has 2 aliphatic rings. The van der Waals surface area contributed by atoms with Crippen LogP contribution >= 0.6 is 11.8 Å². The third-order valence-electron chi connectivity index (χ3n) is 7.86. The van der Waals surface area contributed by atoms with Gasteiger partial charge in [-0.05, 0) is 59.7 Å². The molecule has 46 heavy (non-hydrogen) atoms. The molecule has 0 saturated heterocycles. The quantitative estimate of drug-likeness (QED) is 0.227. The maximum Gasteiger partial charge on any atom is 0.240 e. The fraction of sp³-hybridized carbons (Fsp3) is 0.171. The number of fused-ring (bicyclic) bond motifs is 2. The van der Waals surface area contributed by atoms with Crippen LogP contribution in [0.5, 0.6) is 17.2 Å². The van der Waals surface area contributed by atoms with E-state index in [0.29, 0.717) is 34.4 Å². The molecule has 2 amide bonds. The topological polar surface area (TPSA) is 94.9 Å². The number of benzene rings is 4. The van der Waals surface area contributed by atoms with Crippen molar-refractivity contribution in [1.82, 2.24) is 15.1 Å². The lowest BCUT2D eigenvalue weighted by Crippen LogP contribution is -2.42.